The summed E-state index contributed by atoms with van der Waals surface area (Å²) in [6, 6.07) is 4.58. The molecule has 5 nitrogen and oxygen atoms in total. The highest BCUT2D eigenvalue weighted by Crippen LogP contribution is 2.27. The van der Waals surface area contributed by atoms with Crippen molar-refractivity contribution in [2.75, 3.05) is 4.72 Å². The Balaban J connectivity index is 2.29. The molecule has 0 fully saturated rings. The van der Waals surface area contributed by atoms with Gasteiger partial charge in [-0.3, -0.25) is 4.72 Å². The number of halogens is 2. The van der Waals surface area contributed by atoms with Gasteiger partial charge >= 0.3 is 0 Å². The maximum Gasteiger partial charge on any atom is 0.272 e. The molecule has 2 aromatic rings. The molecule has 0 atom stereocenters. The fraction of sp³-hybridized carbons (Fsp3) is 0. The van der Waals surface area contributed by atoms with Gasteiger partial charge < -0.3 is 0 Å². The van der Waals surface area contributed by atoms with Crippen molar-refractivity contribution in [1.29, 1.82) is 0 Å². The highest BCUT2D eigenvalue weighted by Gasteiger charge is 2.17. The van der Waals surface area contributed by atoms with Gasteiger partial charge in [0.05, 0.1) is 3.79 Å². The number of hydrogen-bond donors (Lipinski definition) is 1. The van der Waals surface area contributed by atoms with Gasteiger partial charge in [0.1, 0.15) is 10.0 Å². The Kier molecular flexibility index (Phi) is 3.67. The molecule has 0 saturated heterocycles. The average molecular weight is 355 g/mol. The third-order valence-corrected chi connectivity index (χ3v) is 5.33. The molecule has 0 amide bonds. The van der Waals surface area contributed by atoms with Crippen molar-refractivity contribution in [2.24, 2.45) is 0 Å². The first-order chi connectivity index (χ1) is 7.97. The van der Waals surface area contributed by atoms with Crippen molar-refractivity contribution in [3.63, 3.8) is 0 Å². The highest BCUT2D eigenvalue weighted by molar-refractivity contribution is 9.11. The van der Waals surface area contributed by atoms with Gasteiger partial charge in [0, 0.05) is 6.20 Å². The summed E-state index contributed by atoms with van der Waals surface area (Å²) in [6.07, 6.45) is 1.37. The van der Waals surface area contributed by atoms with Gasteiger partial charge in [0.15, 0.2) is 0 Å². The van der Waals surface area contributed by atoms with Crippen molar-refractivity contribution < 1.29 is 8.42 Å². The van der Waals surface area contributed by atoms with Crippen LogP contribution in [0.5, 0.6) is 0 Å². The van der Waals surface area contributed by atoms with Gasteiger partial charge in [-0.2, -0.15) is 4.98 Å². The normalized spacial score (nSPS) is 11.4. The predicted molar refractivity (Wildman–Crippen MR) is 69.9 cm³/mol. The van der Waals surface area contributed by atoms with Crippen LogP contribution in [0.25, 0.3) is 0 Å². The van der Waals surface area contributed by atoms with Gasteiger partial charge in [0.25, 0.3) is 10.0 Å². The molecule has 0 aromatic carbocycles. The highest BCUT2D eigenvalue weighted by atomic mass is 79.9. The summed E-state index contributed by atoms with van der Waals surface area (Å²) in [5, 5.41) is -0.0161. The van der Waals surface area contributed by atoms with Gasteiger partial charge in [-0.25, -0.2) is 13.4 Å². The predicted octanol–water partition coefficient (Wildman–Crippen LogP) is 2.75. The lowest BCUT2D eigenvalue weighted by Crippen LogP contribution is -2.12. The molecule has 0 bridgehead atoms. The smallest absolute Gasteiger partial charge is 0.263 e. The number of thiophene rings is 1. The van der Waals surface area contributed by atoms with Crippen molar-refractivity contribution in [2.45, 2.75) is 4.21 Å². The number of nitrogens with one attached hydrogen (secondary N) is 1. The fourth-order valence-electron chi connectivity index (χ4n) is 1.02. The lowest BCUT2D eigenvalue weighted by molar-refractivity contribution is 0.603. The fourth-order valence-corrected chi connectivity index (χ4v) is 4.18. The standard InChI is InChI=1S/C8H5BrClN3O2S2/c9-5-1-2-7(16-5)17(14,15)13-6-3-4-11-8(10)12-6/h1-4H,(H,11,12,13). The van der Waals surface area contributed by atoms with E-state index in [0.717, 1.165) is 15.1 Å². The van der Waals surface area contributed by atoms with Crippen molar-refractivity contribution >= 4 is 54.7 Å². The SMILES string of the molecule is O=S(=O)(Nc1ccnc(Cl)n1)c1ccc(Br)s1. The van der Waals surface area contributed by atoms with E-state index in [1.54, 1.807) is 6.07 Å². The van der Waals surface area contributed by atoms with E-state index < -0.39 is 10.0 Å². The zero-order chi connectivity index (χ0) is 12.5. The monoisotopic (exact) mass is 353 g/mol. The molecule has 1 N–H and O–H groups in total. The zero-order valence-electron chi connectivity index (χ0n) is 8.09. The average Bonchev–Trinajstić information content (AvgIpc) is 2.65. The summed E-state index contributed by atoms with van der Waals surface area (Å²) in [5.74, 6) is 0.134. The van der Waals surface area contributed by atoms with Crippen LogP contribution in [-0.4, -0.2) is 18.4 Å². The Bertz CT molecular complexity index is 644. The van der Waals surface area contributed by atoms with Gasteiger partial charge in [-0.15, -0.1) is 11.3 Å². The van der Waals surface area contributed by atoms with Crippen molar-refractivity contribution in [3.8, 4) is 0 Å². The van der Waals surface area contributed by atoms with Crippen LogP contribution in [0.4, 0.5) is 5.82 Å². The molecule has 9 heteroatoms. The van der Waals surface area contributed by atoms with E-state index in [-0.39, 0.29) is 15.3 Å². The molecule has 90 valence electrons. The van der Waals surface area contributed by atoms with Crippen LogP contribution in [0, 0.1) is 0 Å². The molecule has 0 unspecified atom stereocenters. The third kappa shape index (κ3) is 3.15. The minimum atomic E-state index is -3.62. The number of aromatic nitrogens is 2. The second-order valence-corrected chi connectivity index (χ2v) is 7.59. The molecule has 0 radical (unpaired) electrons. The Morgan fingerprint density at radius 1 is 1.35 bits per heavy atom. The Hall–Kier alpha value is -0.700. The first-order valence-electron chi connectivity index (χ1n) is 4.24. The Labute approximate surface area is 115 Å². The van der Waals surface area contributed by atoms with E-state index in [2.05, 4.69) is 30.6 Å². The van der Waals surface area contributed by atoms with Crippen LogP contribution in [0.15, 0.2) is 32.4 Å². The lowest BCUT2D eigenvalue weighted by Gasteiger charge is -2.04. The van der Waals surface area contributed by atoms with E-state index in [4.69, 9.17) is 11.6 Å². The van der Waals surface area contributed by atoms with E-state index in [1.165, 1.54) is 18.3 Å². The second-order valence-electron chi connectivity index (χ2n) is 2.87. The minimum absolute atomic E-state index is 0.0161. The van der Waals surface area contributed by atoms with Crippen LogP contribution >= 0.6 is 38.9 Å². The number of anilines is 1. The Morgan fingerprint density at radius 3 is 2.71 bits per heavy atom. The Morgan fingerprint density at radius 2 is 2.12 bits per heavy atom. The summed E-state index contributed by atoms with van der Waals surface area (Å²) in [6.45, 7) is 0. The minimum Gasteiger partial charge on any atom is -0.263 e. The summed E-state index contributed by atoms with van der Waals surface area (Å²) < 4.78 is 27.0. The maximum atomic E-state index is 11.9. The second kappa shape index (κ2) is 4.89. The van der Waals surface area contributed by atoms with Crippen molar-refractivity contribution in [1.82, 2.24) is 9.97 Å². The molecule has 2 rings (SSSR count). The van der Waals surface area contributed by atoms with Crippen LogP contribution in [0.2, 0.25) is 5.28 Å². The van der Waals surface area contributed by atoms with E-state index >= 15 is 0 Å². The molecule has 0 saturated carbocycles. The largest absolute Gasteiger partial charge is 0.272 e. The topological polar surface area (TPSA) is 72.0 Å². The van der Waals surface area contributed by atoms with Gasteiger partial charge in [0.2, 0.25) is 5.28 Å². The quantitative estimate of drug-likeness (QED) is 0.860. The van der Waals surface area contributed by atoms with Gasteiger partial charge in [-0.1, -0.05) is 0 Å². The number of sulfonamides is 1. The molecule has 2 heterocycles. The maximum absolute atomic E-state index is 11.9. The van der Waals surface area contributed by atoms with Crippen LogP contribution < -0.4 is 4.72 Å². The van der Waals surface area contributed by atoms with Crippen LogP contribution in [0.1, 0.15) is 0 Å². The molecule has 17 heavy (non-hydrogen) atoms. The summed E-state index contributed by atoms with van der Waals surface area (Å²) in [4.78, 5) is 7.41. The van der Waals surface area contributed by atoms with Crippen molar-refractivity contribution in [3.05, 3.63) is 33.5 Å². The third-order valence-electron chi connectivity index (χ3n) is 1.68. The first-order valence-corrected chi connectivity index (χ1v) is 7.71. The van der Waals surface area contributed by atoms with Crippen LogP contribution in [-0.2, 0) is 10.0 Å². The van der Waals surface area contributed by atoms with Gasteiger partial charge in [-0.05, 0) is 45.7 Å². The van der Waals surface area contributed by atoms with E-state index in [1.807, 2.05) is 0 Å². The van der Waals surface area contributed by atoms with E-state index in [9.17, 15) is 8.42 Å². The number of rotatable bonds is 3. The summed E-state index contributed by atoms with van der Waals surface area (Å²) >= 11 is 9.87. The lowest BCUT2D eigenvalue weighted by atomic mass is 10.6. The molecule has 0 aliphatic heterocycles. The molecule has 0 aliphatic carbocycles. The molecule has 2 aromatic heterocycles. The van der Waals surface area contributed by atoms with Crippen LogP contribution in [0.3, 0.4) is 0 Å². The molecule has 0 aliphatic rings. The molecular formula is C8H5BrClN3O2S2. The molecular weight excluding hydrogens is 350 g/mol. The zero-order valence-corrected chi connectivity index (χ0v) is 12.1. The summed E-state index contributed by atoms with van der Waals surface area (Å²) in [7, 11) is -3.62. The van der Waals surface area contributed by atoms with E-state index in [0.29, 0.717) is 0 Å². The number of hydrogen-bond acceptors (Lipinski definition) is 5. The number of nitrogens with zero attached hydrogens (tertiary/aromatic N) is 2. The molecule has 0 spiro atoms. The first kappa shape index (κ1) is 12.7. The summed E-state index contributed by atoms with van der Waals surface area (Å²) in [5.41, 5.74) is 0.